The van der Waals surface area contributed by atoms with E-state index in [4.69, 9.17) is 9.88 Å². The molecular weight excluding hydrogens is 292 g/mol. The average Bonchev–Trinajstić information content (AvgIpc) is 2.34. The van der Waals surface area contributed by atoms with Gasteiger partial charge in [0, 0.05) is 20.5 Å². The summed E-state index contributed by atoms with van der Waals surface area (Å²) >= 11 is 0. The zero-order valence-electron chi connectivity index (χ0n) is 12.8. The summed E-state index contributed by atoms with van der Waals surface area (Å²) in [5.41, 5.74) is 1.50. The third kappa shape index (κ3) is 5.02. The van der Waals surface area contributed by atoms with Gasteiger partial charge in [0.1, 0.15) is 10.6 Å². The molecule has 0 radical (unpaired) electrons. The van der Waals surface area contributed by atoms with Gasteiger partial charge in [-0.25, -0.2) is 13.6 Å². The molecular formula is C14H22N2O4S. The van der Waals surface area contributed by atoms with Gasteiger partial charge in [0.2, 0.25) is 15.9 Å². The SMILES string of the molecule is Cc1cc(C)c(OCCCC(=O)N(C)C)c(S(N)(=O)=O)c1. The van der Waals surface area contributed by atoms with Crippen molar-refractivity contribution < 1.29 is 17.9 Å². The molecule has 0 heterocycles. The van der Waals surface area contributed by atoms with Crippen LogP contribution in [0.4, 0.5) is 0 Å². The summed E-state index contributed by atoms with van der Waals surface area (Å²) in [6.07, 6.45) is 0.858. The van der Waals surface area contributed by atoms with Crippen LogP contribution >= 0.6 is 0 Å². The van der Waals surface area contributed by atoms with Gasteiger partial charge in [0.25, 0.3) is 0 Å². The van der Waals surface area contributed by atoms with E-state index in [0.29, 0.717) is 18.4 Å². The molecule has 0 bridgehead atoms. The number of carbonyl (C=O) groups is 1. The molecule has 118 valence electrons. The molecule has 0 spiro atoms. The van der Waals surface area contributed by atoms with Gasteiger partial charge in [-0.2, -0.15) is 0 Å². The molecule has 7 heteroatoms. The van der Waals surface area contributed by atoms with Gasteiger partial charge in [0.15, 0.2) is 0 Å². The molecule has 0 aliphatic heterocycles. The second-order valence-corrected chi connectivity index (χ2v) is 6.72. The van der Waals surface area contributed by atoms with E-state index in [1.54, 1.807) is 27.9 Å². The Labute approximate surface area is 125 Å². The third-order valence-corrected chi connectivity index (χ3v) is 3.89. The number of ether oxygens (including phenoxy) is 1. The Kier molecular flexibility index (Phi) is 5.74. The highest BCUT2D eigenvalue weighted by Crippen LogP contribution is 2.28. The van der Waals surface area contributed by atoms with Gasteiger partial charge in [-0.1, -0.05) is 6.07 Å². The van der Waals surface area contributed by atoms with Crippen LogP contribution in [0.25, 0.3) is 0 Å². The Bertz CT molecular complexity index is 624. The van der Waals surface area contributed by atoms with Crippen LogP contribution in [0.3, 0.4) is 0 Å². The summed E-state index contributed by atoms with van der Waals surface area (Å²) in [7, 11) is -0.472. The zero-order valence-corrected chi connectivity index (χ0v) is 13.7. The Hall–Kier alpha value is -1.60. The molecule has 0 saturated heterocycles. The fourth-order valence-electron chi connectivity index (χ4n) is 1.93. The highest BCUT2D eigenvalue weighted by molar-refractivity contribution is 7.89. The van der Waals surface area contributed by atoms with Crippen LogP contribution in [0.2, 0.25) is 0 Å². The molecule has 0 unspecified atom stereocenters. The predicted octanol–water partition coefficient (Wildman–Crippen LogP) is 1.20. The van der Waals surface area contributed by atoms with E-state index in [1.165, 1.54) is 11.0 Å². The molecule has 21 heavy (non-hydrogen) atoms. The van der Waals surface area contributed by atoms with Gasteiger partial charge in [0.05, 0.1) is 6.61 Å². The lowest BCUT2D eigenvalue weighted by Gasteiger charge is -2.14. The van der Waals surface area contributed by atoms with E-state index in [0.717, 1.165) is 5.56 Å². The van der Waals surface area contributed by atoms with E-state index in [9.17, 15) is 13.2 Å². The maximum Gasteiger partial charge on any atom is 0.241 e. The smallest absolute Gasteiger partial charge is 0.241 e. The lowest BCUT2D eigenvalue weighted by atomic mass is 10.1. The number of benzene rings is 1. The molecule has 1 rings (SSSR count). The number of rotatable bonds is 6. The number of aryl methyl sites for hydroxylation is 2. The molecule has 1 aromatic carbocycles. The van der Waals surface area contributed by atoms with Crippen LogP contribution in [-0.4, -0.2) is 39.9 Å². The highest BCUT2D eigenvalue weighted by Gasteiger charge is 2.18. The topological polar surface area (TPSA) is 89.7 Å². The first-order chi connectivity index (χ1) is 9.62. The molecule has 6 nitrogen and oxygen atoms in total. The summed E-state index contributed by atoms with van der Waals surface area (Å²) in [5, 5.41) is 5.22. The molecule has 0 aliphatic carbocycles. The largest absolute Gasteiger partial charge is 0.492 e. The lowest BCUT2D eigenvalue weighted by molar-refractivity contribution is -0.128. The minimum atomic E-state index is -3.85. The van der Waals surface area contributed by atoms with Crippen LogP contribution in [0.5, 0.6) is 5.75 Å². The van der Waals surface area contributed by atoms with Crippen molar-refractivity contribution in [3.63, 3.8) is 0 Å². The summed E-state index contributed by atoms with van der Waals surface area (Å²) in [6, 6.07) is 3.32. The Balaban J connectivity index is 2.82. The molecule has 0 aliphatic rings. The fraction of sp³-hybridized carbons (Fsp3) is 0.500. The number of amides is 1. The van der Waals surface area contributed by atoms with Crippen molar-refractivity contribution >= 4 is 15.9 Å². The van der Waals surface area contributed by atoms with Crippen LogP contribution < -0.4 is 9.88 Å². The summed E-state index contributed by atoms with van der Waals surface area (Å²) in [4.78, 5) is 12.9. The third-order valence-electron chi connectivity index (χ3n) is 2.97. The summed E-state index contributed by atoms with van der Waals surface area (Å²) in [5.74, 6) is 0.270. The van der Waals surface area contributed by atoms with Gasteiger partial charge >= 0.3 is 0 Å². The van der Waals surface area contributed by atoms with Crippen molar-refractivity contribution in [2.24, 2.45) is 5.14 Å². The van der Waals surface area contributed by atoms with Crippen LogP contribution in [0.1, 0.15) is 24.0 Å². The van der Waals surface area contributed by atoms with E-state index >= 15 is 0 Å². The zero-order chi connectivity index (χ0) is 16.2. The van der Waals surface area contributed by atoms with Crippen LogP contribution in [-0.2, 0) is 14.8 Å². The monoisotopic (exact) mass is 314 g/mol. The first kappa shape index (κ1) is 17.5. The molecule has 1 amide bonds. The quantitative estimate of drug-likeness (QED) is 0.799. The van der Waals surface area contributed by atoms with Crippen LogP contribution in [0, 0.1) is 13.8 Å². The maximum absolute atomic E-state index is 11.6. The van der Waals surface area contributed by atoms with Crippen molar-refractivity contribution in [3.8, 4) is 5.75 Å². The van der Waals surface area contributed by atoms with Crippen molar-refractivity contribution in [1.82, 2.24) is 4.90 Å². The number of carbonyl (C=O) groups excluding carboxylic acids is 1. The van der Waals surface area contributed by atoms with Crippen molar-refractivity contribution in [2.75, 3.05) is 20.7 Å². The first-order valence-electron chi connectivity index (χ1n) is 6.60. The molecule has 0 aromatic heterocycles. The molecule has 0 saturated carbocycles. The Morgan fingerprint density at radius 2 is 1.90 bits per heavy atom. The fourth-order valence-corrected chi connectivity index (χ4v) is 2.76. The predicted molar refractivity (Wildman–Crippen MR) is 80.7 cm³/mol. The first-order valence-corrected chi connectivity index (χ1v) is 8.14. The molecule has 0 fully saturated rings. The van der Waals surface area contributed by atoms with Crippen molar-refractivity contribution in [1.29, 1.82) is 0 Å². The van der Waals surface area contributed by atoms with Gasteiger partial charge < -0.3 is 9.64 Å². The Morgan fingerprint density at radius 1 is 1.29 bits per heavy atom. The molecule has 1 aromatic rings. The number of hydrogen-bond acceptors (Lipinski definition) is 4. The minimum absolute atomic E-state index is 0.00546. The highest BCUT2D eigenvalue weighted by atomic mass is 32.2. The van der Waals surface area contributed by atoms with Crippen molar-refractivity contribution in [3.05, 3.63) is 23.3 Å². The summed E-state index contributed by atoms with van der Waals surface area (Å²) < 4.78 is 28.8. The normalized spacial score (nSPS) is 11.3. The van der Waals surface area contributed by atoms with E-state index in [1.807, 2.05) is 6.07 Å². The van der Waals surface area contributed by atoms with Gasteiger partial charge in [-0.15, -0.1) is 0 Å². The van der Waals surface area contributed by atoms with E-state index in [2.05, 4.69) is 0 Å². The number of nitrogens with zero attached hydrogens (tertiary/aromatic N) is 1. The molecule has 2 N–H and O–H groups in total. The molecule has 0 atom stereocenters. The number of primary sulfonamides is 1. The lowest BCUT2D eigenvalue weighted by Crippen LogP contribution is -2.22. The Morgan fingerprint density at radius 3 is 2.43 bits per heavy atom. The van der Waals surface area contributed by atoms with Gasteiger partial charge in [-0.05, 0) is 37.5 Å². The summed E-state index contributed by atoms with van der Waals surface area (Å²) in [6.45, 7) is 3.81. The average molecular weight is 314 g/mol. The number of nitrogens with two attached hydrogens (primary N) is 1. The van der Waals surface area contributed by atoms with E-state index < -0.39 is 10.0 Å². The van der Waals surface area contributed by atoms with Crippen LogP contribution in [0.15, 0.2) is 17.0 Å². The van der Waals surface area contributed by atoms with E-state index in [-0.39, 0.29) is 23.2 Å². The second kappa shape index (κ2) is 6.91. The second-order valence-electron chi connectivity index (χ2n) is 5.19. The van der Waals surface area contributed by atoms with Gasteiger partial charge in [-0.3, -0.25) is 4.79 Å². The van der Waals surface area contributed by atoms with Crippen molar-refractivity contribution in [2.45, 2.75) is 31.6 Å². The minimum Gasteiger partial charge on any atom is -0.492 e. The standard InChI is InChI=1S/C14H22N2O4S/c1-10-8-11(2)14(12(9-10)21(15,18)19)20-7-5-6-13(17)16(3)4/h8-9H,5-7H2,1-4H3,(H2,15,18,19). The number of sulfonamides is 1. The maximum atomic E-state index is 11.6. The number of hydrogen-bond donors (Lipinski definition) is 1.